The summed E-state index contributed by atoms with van der Waals surface area (Å²) in [6, 6.07) is 1.99. The van der Waals surface area contributed by atoms with Crippen molar-refractivity contribution >= 4 is 40.0 Å². The molecule has 0 spiro atoms. The molecular formula is C22H32N6O4S. The third-order valence-corrected chi connectivity index (χ3v) is 7.12. The summed E-state index contributed by atoms with van der Waals surface area (Å²) in [5.74, 6) is 1.84. The van der Waals surface area contributed by atoms with Crippen LogP contribution >= 0.6 is 11.3 Å². The van der Waals surface area contributed by atoms with Crippen molar-refractivity contribution < 1.29 is 19.7 Å². The Hall–Kier alpha value is -2.50. The number of ether oxygens (including phenoxy) is 1. The van der Waals surface area contributed by atoms with Gasteiger partial charge in [-0.05, 0) is 45.4 Å². The van der Waals surface area contributed by atoms with Crippen LogP contribution in [-0.4, -0.2) is 76.6 Å². The standard InChI is InChI=1S/C22H32N6O4S/c1-3-32-20(31)19-14(2)23-22(33-19)26-21-24-17(27-9-6-16(30)7-10-27)11-18(25-21)28-8-4-5-15(12-28)13-29/h11,15-16,29-30H,3-10,12-13H2,1-2H3,(H,23,24,25,26). The maximum Gasteiger partial charge on any atom is 0.350 e. The van der Waals surface area contributed by atoms with E-state index in [2.05, 4.69) is 20.1 Å². The van der Waals surface area contributed by atoms with E-state index in [1.807, 2.05) is 6.07 Å². The van der Waals surface area contributed by atoms with Gasteiger partial charge in [0.25, 0.3) is 0 Å². The van der Waals surface area contributed by atoms with Gasteiger partial charge in [0.15, 0.2) is 5.13 Å². The second kappa shape index (κ2) is 10.6. The van der Waals surface area contributed by atoms with E-state index in [0.29, 0.717) is 41.1 Å². The van der Waals surface area contributed by atoms with Crippen molar-refractivity contribution in [2.75, 3.05) is 54.5 Å². The molecule has 2 aromatic rings. The summed E-state index contributed by atoms with van der Waals surface area (Å²) in [6.45, 7) is 7.08. The minimum atomic E-state index is -0.383. The van der Waals surface area contributed by atoms with Crippen LogP contribution in [0.1, 0.15) is 48.0 Å². The Morgan fingerprint density at radius 3 is 2.61 bits per heavy atom. The van der Waals surface area contributed by atoms with Gasteiger partial charge in [-0.3, -0.25) is 5.32 Å². The highest BCUT2D eigenvalue weighted by atomic mass is 32.1. The monoisotopic (exact) mass is 476 g/mol. The Labute approximate surface area is 197 Å². The van der Waals surface area contributed by atoms with Gasteiger partial charge in [0.2, 0.25) is 5.95 Å². The quantitative estimate of drug-likeness (QED) is 0.513. The average molecular weight is 477 g/mol. The number of aliphatic hydroxyl groups is 2. The summed E-state index contributed by atoms with van der Waals surface area (Å²) in [5, 5.41) is 23.3. The van der Waals surface area contributed by atoms with Gasteiger partial charge in [0.1, 0.15) is 16.5 Å². The van der Waals surface area contributed by atoms with E-state index in [1.165, 1.54) is 11.3 Å². The number of rotatable bonds is 7. The summed E-state index contributed by atoms with van der Waals surface area (Å²) in [4.78, 5) is 30.9. The first-order valence-electron chi connectivity index (χ1n) is 11.6. The molecule has 1 atom stereocenters. The predicted molar refractivity (Wildman–Crippen MR) is 128 cm³/mol. The molecule has 0 bridgehead atoms. The third-order valence-electron chi connectivity index (χ3n) is 6.06. The third kappa shape index (κ3) is 5.71. The molecule has 11 heteroatoms. The van der Waals surface area contributed by atoms with E-state index in [0.717, 1.165) is 50.7 Å². The molecule has 2 fully saturated rings. The number of thiazole rings is 1. The first-order valence-corrected chi connectivity index (χ1v) is 12.4. The van der Waals surface area contributed by atoms with E-state index >= 15 is 0 Å². The first kappa shape index (κ1) is 23.7. The molecule has 180 valence electrons. The zero-order valence-corrected chi connectivity index (χ0v) is 20.0. The minimum Gasteiger partial charge on any atom is -0.462 e. The van der Waals surface area contributed by atoms with Gasteiger partial charge in [-0.2, -0.15) is 9.97 Å². The van der Waals surface area contributed by atoms with Gasteiger partial charge in [-0.1, -0.05) is 11.3 Å². The summed E-state index contributed by atoms with van der Waals surface area (Å²) in [6.07, 6.45) is 3.14. The molecule has 0 aliphatic carbocycles. The normalized spacial score (nSPS) is 19.6. The SMILES string of the molecule is CCOC(=O)c1sc(Nc2nc(N3CCC(O)CC3)cc(N3CCCC(CO)C3)n2)nc1C. The molecule has 2 aliphatic heterocycles. The van der Waals surface area contributed by atoms with Crippen molar-refractivity contribution in [3.05, 3.63) is 16.6 Å². The Kier molecular flexibility index (Phi) is 7.61. The van der Waals surface area contributed by atoms with Crippen molar-refractivity contribution in [2.24, 2.45) is 5.92 Å². The molecule has 1 unspecified atom stereocenters. The van der Waals surface area contributed by atoms with Crippen molar-refractivity contribution in [2.45, 2.75) is 45.6 Å². The lowest BCUT2D eigenvalue weighted by atomic mass is 9.99. The highest BCUT2D eigenvalue weighted by molar-refractivity contribution is 7.17. The van der Waals surface area contributed by atoms with E-state index in [4.69, 9.17) is 14.7 Å². The average Bonchev–Trinajstić information content (AvgIpc) is 3.19. The Bertz CT molecular complexity index is 962. The number of aliphatic hydroxyl groups excluding tert-OH is 2. The highest BCUT2D eigenvalue weighted by Crippen LogP contribution is 2.30. The van der Waals surface area contributed by atoms with E-state index in [1.54, 1.807) is 13.8 Å². The second-order valence-electron chi connectivity index (χ2n) is 8.54. The predicted octanol–water partition coefficient (Wildman–Crippen LogP) is 2.33. The molecule has 4 rings (SSSR count). The Morgan fingerprint density at radius 2 is 1.91 bits per heavy atom. The molecule has 10 nitrogen and oxygen atoms in total. The molecule has 0 aromatic carbocycles. The van der Waals surface area contributed by atoms with Crippen LogP contribution in [0.15, 0.2) is 6.07 Å². The number of hydrogen-bond donors (Lipinski definition) is 3. The van der Waals surface area contributed by atoms with Crippen LogP contribution in [0.2, 0.25) is 0 Å². The number of anilines is 4. The largest absolute Gasteiger partial charge is 0.462 e. The summed E-state index contributed by atoms with van der Waals surface area (Å²) in [5.41, 5.74) is 0.601. The van der Waals surface area contributed by atoms with Gasteiger partial charge in [-0.15, -0.1) is 0 Å². The van der Waals surface area contributed by atoms with Gasteiger partial charge < -0.3 is 24.7 Å². The molecule has 2 aliphatic rings. The lowest BCUT2D eigenvalue weighted by molar-refractivity contribution is 0.0531. The van der Waals surface area contributed by atoms with E-state index in [9.17, 15) is 15.0 Å². The number of nitrogens with zero attached hydrogens (tertiary/aromatic N) is 5. The maximum absolute atomic E-state index is 12.2. The van der Waals surface area contributed by atoms with Crippen LogP contribution in [0.4, 0.5) is 22.7 Å². The molecular weight excluding hydrogens is 444 g/mol. The van der Waals surface area contributed by atoms with E-state index < -0.39 is 0 Å². The van der Waals surface area contributed by atoms with Crippen LogP contribution in [0, 0.1) is 12.8 Å². The van der Waals surface area contributed by atoms with E-state index in [-0.39, 0.29) is 24.6 Å². The number of hydrogen-bond acceptors (Lipinski definition) is 11. The minimum absolute atomic E-state index is 0.165. The van der Waals surface area contributed by atoms with Gasteiger partial charge in [0, 0.05) is 38.9 Å². The number of aryl methyl sites for hydroxylation is 1. The van der Waals surface area contributed by atoms with Crippen LogP contribution in [0.5, 0.6) is 0 Å². The van der Waals surface area contributed by atoms with Crippen molar-refractivity contribution in [3.63, 3.8) is 0 Å². The zero-order chi connectivity index (χ0) is 23.4. The van der Waals surface area contributed by atoms with Crippen LogP contribution in [0.25, 0.3) is 0 Å². The Morgan fingerprint density at radius 1 is 1.18 bits per heavy atom. The summed E-state index contributed by atoms with van der Waals surface area (Å²) >= 11 is 1.22. The van der Waals surface area contributed by atoms with Gasteiger partial charge in [0.05, 0.1) is 18.4 Å². The van der Waals surface area contributed by atoms with Gasteiger partial charge in [-0.25, -0.2) is 9.78 Å². The molecule has 0 radical (unpaired) electrons. The zero-order valence-electron chi connectivity index (χ0n) is 19.2. The fraction of sp³-hybridized carbons (Fsp3) is 0.636. The second-order valence-corrected chi connectivity index (χ2v) is 9.54. The number of aromatic nitrogens is 3. The number of esters is 1. The molecule has 0 amide bonds. The van der Waals surface area contributed by atoms with Crippen molar-refractivity contribution in [3.8, 4) is 0 Å². The molecule has 0 saturated carbocycles. The highest BCUT2D eigenvalue weighted by Gasteiger charge is 2.25. The molecule has 4 heterocycles. The Balaban J connectivity index is 1.62. The van der Waals surface area contributed by atoms with Gasteiger partial charge >= 0.3 is 5.97 Å². The topological polar surface area (TPSA) is 124 Å². The smallest absolute Gasteiger partial charge is 0.350 e. The molecule has 33 heavy (non-hydrogen) atoms. The first-order chi connectivity index (χ1) is 16.0. The number of carbonyl (C=O) groups is 1. The van der Waals surface area contributed by atoms with Crippen LogP contribution < -0.4 is 15.1 Å². The molecule has 2 saturated heterocycles. The number of carbonyl (C=O) groups excluding carboxylic acids is 1. The lowest BCUT2D eigenvalue weighted by Gasteiger charge is -2.34. The molecule has 3 N–H and O–H groups in total. The van der Waals surface area contributed by atoms with Crippen molar-refractivity contribution in [1.82, 2.24) is 15.0 Å². The maximum atomic E-state index is 12.2. The summed E-state index contributed by atoms with van der Waals surface area (Å²) in [7, 11) is 0. The summed E-state index contributed by atoms with van der Waals surface area (Å²) < 4.78 is 5.12. The number of piperidine rings is 2. The van der Waals surface area contributed by atoms with Crippen molar-refractivity contribution in [1.29, 1.82) is 0 Å². The molecule has 2 aromatic heterocycles. The van der Waals surface area contributed by atoms with Crippen LogP contribution in [-0.2, 0) is 4.74 Å². The number of nitrogens with one attached hydrogen (secondary N) is 1. The fourth-order valence-electron chi connectivity index (χ4n) is 4.25. The van der Waals surface area contributed by atoms with Crippen LogP contribution in [0.3, 0.4) is 0 Å². The fourth-order valence-corrected chi connectivity index (χ4v) is 5.10. The lowest BCUT2D eigenvalue weighted by Crippen LogP contribution is -2.38.